The average Bonchev–Trinajstić information content (AvgIpc) is 3.23. The van der Waals surface area contributed by atoms with Gasteiger partial charge in [-0.05, 0) is 48.5 Å². The Bertz CT molecular complexity index is 1220. The predicted octanol–water partition coefficient (Wildman–Crippen LogP) is 3.78. The zero-order chi connectivity index (χ0) is 22.5. The number of carbonyl (C=O) groups is 1. The summed E-state index contributed by atoms with van der Waals surface area (Å²) in [5, 5.41) is 5.78. The van der Waals surface area contributed by atoms with E-state index in [1.807, 2.05) is 17.8 Å². The van der Waals surface area contributed by atoms with Crippen LogP contribution < -0.4 is 15.4 Å². The van der Waals surface area contributed by atoms with E-state index in [9.17, 15) is 9.18 Å². The Hall–Kier alpha value is -4.27. The number of rotatable bonds is 7. The summed E-state index contributed by atoms with van der Waals surface area (Å²) in [6.45, 7) is 0.442. The Balaban J connectivity index is 1.57. The van der Waals surface area contributed by atoms with Gasteiger partial charge in [0.15, 0.2) is 5.82 Å². The third-order valence-electron chi connectivity index (χ3n) is 4.70. The molecule has 0 saturated carbocycles. The van der Waals surface area contributed by atoms with E-state index < -0.39 is 0 Å². The molecule has 8 nitrogen and oxygen atoms in total. The van der Waals surface area contributed by atoms with E-state index in [0.717, 1.165) is 5.82 Å². The van der Waals surface area contributed by atoms with Crippen LogP contribution in [0, 0.1) is 5.82 Å². The third kappa shape index (κ3) is 4.89. The first-order valence-corrected chi connectivity index (χ1v) is 9.87. The largest absolute Gasteiger partial charge is 0.457 e. The normalized spacial score (nSPS) is 10.6. The number of nitrogens with zero attached hydrogens (tertiary/aromatic N) is 4. The first kappa shape index (κ1) is 21.0. The van der Waals surface area contributed by atoms with Crippen LogP contribution in [0.1, 0.15) is 16.3 Å². The molecule has 2 heterocycles. The van der Waals surface area contributed by atoms with Gasteiger partial charge in [0.05, 0.1) is 6.54 Å². The standard InChI is InChI=1S/C23H21FN6O2/c1-25-23(31)19-13-20(27-14-21-26-11-12-30(21)2)29-22(28-19)15-3-7-17(8-4-15)32-18-9-5-16(24)6-10-18/h3-13H,14H2,1-2H3,(H,25,31)(H,27,28,29). The number of ether oxygens (including phenoxy) is 1. The van der Waals surface area contributed by atoms with Crippen molar-refractivity contribution in [3.8, 4) is 22.9 Å². The van der Waals surface area contributed by atoms with Crippen molar-refractivity contribution in [1.29, 1.82) is 0 Å². The highest BCUT2D eigenvalue weighted by Crippen LogP contribution is 2.25. The molecule has 2 aromatic heterocycles. The molecule has 1 amide bonds. The second-order valence-electron chi connectivity index (χ2n) is 6.93. The van der Waals surface area contributed by atoms with Gasteiger partial charge in [-0.25, -0.2) is 19.3 Å². The SMILES string of the molecule is CNC(=O)c1cc(NCc2nccn2C)nc(-c2ccc(Oc3ccc(F)cc3)cc2)n1. The number of benzene rings is 2. The van der Waals surface area contributed by atoms with Gasteiger partial charge in [0.25, 0.3) is 5.91 Å². The van der Waals surface area contributed by atoms with Crippen LogP contribution in [-0.2, 0) is 13.6 Å². The van der Waals surface area contributed by atoms with Gasteiger partial charge in [0, 0.05) is 38.1 Å². The van der Waals surface area contributed by atoms with Crippen LogP contribution in [0.3, 0.4) is 0 Å². The first-order chi connectivity index (χ1) is 15.5. The summed E-state index contributed by atoms with van der Waals surface area (Å²) in [5.74, 6) is 2.19. The molecule has 0 unspecified atom stereocenters. The number of nitrogens with one attached hydrogen (secondary N) is 2. The summed E-state index contributed by atoms with van der Waals surface area (Å²) in [4.78, 5) is 25.4. The van der Waals surface area contributed by atoms with Crippen LogP contribution in [0.25, 0.3) is 11.4 Å². The molecule has 0 saturated heterocycles. The van der Waals surface area contributed by atoms with E-state index in [0.29, 0.717) is 35.2 Å². The molecule has 0 spiro atoms. The van der Waals surface area contributed by atoms with Crippen molar-refractivity contribution in [2.75, 3.05) is 12.4 Å². The Kier molecular flexibility index (Phi) is 6.07. The van der Waals surface area contributed by atoms with Crippen molar-refractivity contribution < 1.29 is 13.9 Å². The maximum atomic E-state index is 13.1. The van der Waals surface area contributed by atoms with Gasteiger partial charge in [0.1, 0.15) is 34.7 Å². The molecule has 0 aliphatic rings. The van der Waals surface area contributed by atoms with Gasteiger partial charge in [-0.2, -0.15) is 0 Å². The van der Waals surface area contributed by atoms with E-state index >= 15 is 0 Å². The fourth-order valence-electron chi connectivity index (χ4n) is 2.96. The monoisotopic (exact) mass is 432 g/mol. The highest BCUT2D eigenvalue weighted by atomic mass is 19.1. The maximum absolute atomic E-state index is 13.1. The predicted molar refractivity (Wildman–Crippen MR) is 118 cm³/mol. The van der Waals surface area contributed by atoms with E-state index in [1.165, 1.54) is 12.1 Å². The highest BCUT2D eigenvalue weighted by Gasteiger charge is 2.13. The third-order valence-corrected chi connectivity index (χ3v) is 4.70. The molecule has 0 fully saturated rings. The molecule has 0 aliphatic carbocycles. The van der Waals surface area contributed by atoms with Crippen LogP contribution in [0.4, 0.5) is 10.2 Å². The quantitative estimate of drug-likeness (QED) is 0.462. The molecular weight excluding hydrogens is 411 g/mol. The fourth-order valence-corrected chi connectivity index (χ4v) is 2.96. The molecule has 32 heavy (non-hydrogen) atoms. The number of halogens is 1. The van der Waals surface area contributed by atoms with Crippen molar-refractivity contribution >= 4 is 11.7 Å². The summed E-state index contributed by atoms with van der Waals surface area (Å²) in [5.41, 5.74) is 0.953. The average molecular weight is 432 g/mol. The number of hydrogen-bond acceptors (Lipinski definition) is 6. The molecule has 4 rings (SSSR count). The molecular formula is C23H21FN6O2. The van der Waals surface area contributed by atoms with Gasteiger partial charge < -0.3 is 19.9 Å². The molecule has 0 bridgehead atoms. The number of imidazole rings is 1. The van der Waals surface area contributed by atoms with E-state index in [4.69, 9.17) is 4.74 Å². The summed E-state index contributed by atoms with van der Waals surface area (Å²) in [7, 11) is 3.45. The van der Waals surface area contributed by atoms with Gasteiger partial charge in [-0.15, -0.1) is 0 Å². The Morgan fingerprint density at radius 1 is 1.06 bits per heavy atom. The van der Waals surface area contributed by atoms with Crippen molar-refractivity contribution in [3.63, 3.8) is 0 Å². The topological polar surface area (TPSA) is 94.0 Å². The molecule has 9 heteroatoms. The van der Waals surface area contributed by atoms with Crippen molar-refractivity contribution in [1.82, 2.24) is 24.8 Å². The summed E-state index contributed by atoms with van der Waals surface area (Å²) in [6, 6.07) is 14.5. The Morgan fingerprint density at radius 3 is 2.38 bits per heavy atom. The van der Waals surface area contributed by atoms with Gasteiger partial charge in [0.2, 0.25) is 0 Å². The minimum absolute atomic E-state index is 0.242. The summed E-state index contributed by atoms with van der Waals surface area (Å²) in [6.07, 6.45) is 3.57. The molecule has 2 aromatic carbocycles. The lowest BCUT2D eigenvalue weighted by Crippen LogP contribution is -2.20. The summed E-state index contributed by atoms with van der Waals surface area (Å²) < 4.78 is 20.7. The minimum Gasteiger partial charge on any atom is -0.457 e. The lowest BCUT2D eigenvalue weighted by atomic mass is 10.2. The maximum Gasteiger partial charge on any atom is 0.269 e. The number of amides is 1. The zero-order valence-corrected chi connectivity index (χ0v) is 17.5. The van der Waals surface area contributed by atoms with E-state index in [1.54, 1.807) is 55.7 Å². The fraction of sp³-hybridized carbons (Fsp3) is 0.130. The first-order valence-electron chi connectivity index (χ1n) is 9.87. The second kappa shape index (κ2) is 9.25. The number of hydrogen-bond donors (Lipinski definition) is 2. The van der Waals surface area contributed by atoms with Gasteiger partial charge in [-0.3, -0.25) is 4.79 Å². The van der Waals surface area contributed by atoms with Gasteiger partial charge >= 0.3 is 0 Å². The minimum atomic E-state index is -0.326. The number of aromatic nitrogens is 4. The van der Waals surface area contributed by atoms with Crippen LogP contribution in [0.5, 0.6) is 11.5 Å². The van der Waals surface area contributed by atoms with Crippen LogP contribution in [0.2, 0.25) is 0 Å². The second-order valence-corrected chi connectivity index (χ2v) is 6.93. The van der Waals surface area contributed by atoms with Crippen LogP contribution in [0.15, 0.2) is 67.0 Å². The van der Waals surface area contributed by atoms with E-state index in [-0.39, 0.29) is 17.4 Å². The van der Waals surface area contributed by atoms with Crippen molar-refractivity contribution in [2.24, 2.45) is 7.05 Å². The number of anilines is 1. The highest BCUT2D eigenvalue weighted by molar-refractivity contribution is 5.93. The Labute approximate surface area is 184 Å². The lowest BCUT2D eigenvalue weighted by Gasteiger charge is -2.11. The lowest BCUT2D eigenvalue weighted by molar-refractivity contribution is 0.0958. The Morgan fingerprint density at radius 2 is 1.75 bits per heavy atom. The van der Waals surface area contributed by atoms with Gasteiger partial charge in [-0.1, -0.05) is 0 Å². The van der Waals surface area contributed by atoms with Crippen LogP contribution >= 0.6 is 0 Å². The number of aryl methyl sites for hydroxylation is 1. The molecule has 0 aliphatic heterocycles. The zero-order valence-electron chi connectivity index (χ0n) is 17.5. The molecule has 2 N–H and O–H groups in total. The molecule has 162 valence electrons. The van der Waals surface area contributed by atoms with Crippen molar-refractivity contribution in [2.45, 2.75) is 6.54 Å². The smallest absolute Gasteiger partial charge is 0.269 e. The molecule has 0 atom stereocenters. The van der Waals surface area contributed by atoms with E-state index in [2.05, 4.69) is 25.6 Å². The molecule has 0 radical (unpaired) electrons. The summed E-state index contributed by atoms with van der Waals surface area (Å²) >= 11 is 0. The van der Waals surface area contributed by atoms with Crippen molar-refractivity contribution in [3.05, 3.63) is 84.3 Å². The number of carbonyl (C=O) groups excluding carboxylic acids is 1. The van der Waals surface area contributed by atoms with Crippen LogP contribution in [-0.4, -0.2) is 32.5 Å². The molecule has 4 aromatic rings.